The molecule has 1 aromatic carbocycles. The number of rotatable bonds is 3. The number of aromatic amines is 1. The smallest absolute Gasteiger partial charge is 0.342 e. The molecule has 176 valence electrons. The number of fused-ring (bicyclic) bond motifs is 4. The van der Waals surface area contributed by atoms with Crippen molar-refractivity contribution in [2.75, 3.05) is 6.54 Å². The van der Waals surface area contributed by atoms with E-state index in [1.807, 2.05) is 12.1 Å². The number of carbonyl (C=O) groups is 2. The molecule has 8 heteroatoms. The van der Waals surface area contributed by atoms with E-state index in [0.29, 0.717) is 17.9 Å². The zero-order valence-corrected chi connectivity index (χ0v) is 19.0. The highest BCUT2D eigenvalue weighted by Crippen LogP contribution is 2.49. The van der Waals surface area contributed by atoms with Gasteiger partial charge in [0.15, 0.2) is 11.6 Å². The fourth-order valence-electron chi connectivity index (χ4n) is 5.26. The molecule has 34 heavy (non-hydrogen) atoms. The highest BCUT2D eigenvalue weighted by atomic mass is 19.2. The molecule has 5 rings (SSSR count). The van der Waals surface area contributed by atoms with Gasteiger partial charge in [-0.2, -0.15) is 0 Å². The number of pyridine rings is 1. The molecule has 1 saturated carbocycles. The average Bonchev–Trinajstić information content (AvgIpc) is 3.39. The van der Waals surface area contributed by atoms with Crippen molar-refractivity contribution in [1.82, 2.24) is 14.9 Å². The van der Waals surface area contributed by atoms with E-state index in [-0.39, 0.29) is 17.2 Å². The summed E-state index contributed by atoms with van der Waals surface area (Å²) in [5.74, 6) is -3.19. The zero-order chi connectivity index (χ0) is 24.0. The SMILES string of the molecule is CC(C)OC(=O)C1=CN(C(=O)c2ccc(F)c(F)c2)CC2(CCCC2)c2c1[nH]c1ncccc21. The van der Waals surface area contributed by atoms with E-state index in [0.717, 1.165) is 48.8 Å². The van der Waals surface area contributed by atoms with Crippen LogP contribution in [0.25, 0.3) is 16.6 Å². The first-order valence-corrected chi connectivity index (χ1v) is 11.5. The van der Waals surface area contributed by atoms with Crippen molar-refractivity contribution in [2.45, 2.75) is 51.0 Å². The number of nitrogens with zero attached hydrogens (tertiary/aromatic N) is 2. The van der Waals surface area contributed by atoms with Crippen molar-refractivity contribution in [3.8, 4) is 0 Å². The van der Waals surface area contributed by atoms with Crippen LogP contribution < -0.4 is 0 Å². The maximum absolute atomic E-state index is 13.9. The number of ether oxygens (including phenoxy) is 1. The minimum absolute atomic E-state index is 0.0111. The van der Waals surface area contributed by atoms with E-state index in [9.17, 15) is 18.4 Å². The number of hydrogen-bond donors (Lipinski definition) is 1. The molecule has 3 aromatic rings. The average molecular weight is 466 g/mol. The molecule has 0 unspecified atom stereocenters. The van der Waals surface area contributed by atoms with Gasteiger partial charge in [0.2, 0.25) is 0 Å². The van der Waals surface area contributed by atoms with Gasteiger partial charge in [-0.05, 0) is 62.6 Å². The van der Waals surface area contributed by atoms with Crippen molar-refractivity contribution in [1.29, 1.82) is 0 Å². The second kappa shape index (κ2) is 8.34. The molecule has 1 N–H and O–H groups in total. The molecule has 3 heterocycles. The molecular formula is C26H25F2N3O3. The van der Waals surface area contributed by atoms with E-state index in [1.165, 1.54) is 17.2 Å². The van der Waals surface area contributed by atoms with E-state index in [2.05, 4.69) is 9.97 Å². The molecular weight excluding hydrogens is 440 g/mol. The van der Waals surface area contributed by atoms with Crippen LogP contribution in [0.1, 0.15) is 61.1 Å². The third kappa shape index (κ3) is 3.67. The molecule has 2 aliphatic rings. The molecule has 1 aliphatic heterocycles. The summed E-state index contributed by atoms with van der Waals surface area (Å²) in [7, 11) is 0. The Balaban J connectivity index is 1.70. The van der Waals surface area contributed by atoms with Crippen molar-refractivity contribution in [3.63, 3.8) is 0 Å². The first-order chi connectivity index (χ1) is 16.3. The molecule has 0 radical (unpaired) electrons. The largest absolute Gasteiger partial charge is 0.459 e. The van der Waals surface area contributed by atoms with Crippen LogP contribution >= 0.6 is 0 Å². The van der Waals surface area contributed by atoms with Gasteiger partial charge in [0, 0.05) is 35.3 Å². The lowest BCUT2D eigenvalue weighted by molar-refractivity contribution is -0.140. The van der Waals surface area contributed by atoms with Gasteiger partial charge in [0.05, 0.1) is 17.4 Å². The van der Waals surface area contributed by atoms with Crippen LogP contribution in [0.3, 0.4) is 0 Å². The lowest BCUT2D eigenvalue weighted by Gasteiger charge is -2.33. The molecule has 0 atom stereocenters. The summed E-state index contributed by atoms with van der Waals surface area (Å²) in [6, 6.07) is 6.90. The Morgan fingerprint density at radius 3 is 2.62 bits per heavy atom. The molecule has 1 fully saturated rings. The lowest BCUT2D eigenvalue weighted by atomic mass is 9.76. The predicted molar refractivity (Wildman–Crippen MR) is 123 cm³/mol. The Morgan fingerprint density at radius 2 is 1.91 bits per heavy atom. The van der Waals surface area contributed by atoms with Crippen molar-refractivity contribution < 1.29 is 23.1 Å². The summed E-state index contributed by atoms with van der Waals surface area (Å²) in [6.45, 7) is 3.81. The van der Waals surface area contributed by atoms with Crippen molar-refractivity contribution in [3.05, 3.63) is 71.2 Å². The maximum Gasteiger partial charge on any atom is 0.342 e. The number of benzene rings is 1. The number of aromatic nitrogens is 2. The second-order valence-corrected chi connectivity index (χ2v) is 9.32. The molecule has 1 amide bonds. The second-order valence-electron chi connectivity index (χ2n) is 9.32. The molecule has 6 nitrogen and oxygen atoms in total. The highest BCUT2D eigenvalue weighted by Gasteiger charge is 2.45. The normalized spacial score (nSPS) is 17.1. The fraction of sp³-hybridized carbons (Fsp3) is 0.346. The van der Waals surface area contributed by atoms with E-state index in [1.54, 1.807) is 20.0 Å². The van der Waals surface area contributed by atoms with Crippen LogP contribution in [0.5, 0.6) is 0 Å². The van der Waals surface area contributed by atoms with Gasteiger partial charge in [-0.15, -0.1) is 0 Å². The minimum Gasteiger partial charge on any atom is -0.459 e. The highest BCUT2D eigenvalue weighted by molar-refractivity contribution is 6.18. The third-order valence-electron chi connectivity index (χ3n) is 6.68. The topological polar surface area (TPSA) is 75.3 Å². The number of amides is 1. The van der Waals surface area contributed by atoms with Gasteiger partial charge in [-0.1, -0.05) is 12.8 Å². The van der Waals surface area contributed by atoms with Crippen LogP contribution in [0.4, 0.5) is 8.78 Å². The number of hydrogen-bond acceptors (Lipinski definition) is 4. The van der Waals surface area contributed by atoms with Crippen molar-refractivity contribution >= 4 is 28.5 Å². The molecule has 2 aromatic heterocycles. The number of nitrogens with one attached hydrogen (secondary N) is 1. The molecule has 0 saturated heterocycles. The monoisotopic (exact) mass is 465 g/mol. The van der Waals surface area contributed by atoms with E-state index < -0.39 is 28.9 Å². The van der Waals surface area contributed by atoms with Gasteiger partial charge in [0.1, 0.15) is 5.65 Å². The Morgan fingerprint density at radius 1 is 1.15 bits per heavy atom. The number of carbonyl (C=O) groups excluding carboxylic acids is 2. The van der Waals surface area contributed by atoms with Crippen LogP contribution in [0.2, 0.25) is 0 Å². The van der Waals surface area contributed by atoms with Crippen LogP contribution in [0, 0.1) is 11.6 Å². The number of H-pyrrole nitrogens is 1. The van der Waals surface area contributed by atoms with Gasteiger partial charge in [-0.3, -0.25) is 4.79 Å². The third-order valence-corrected chi connectivity index (χ3v) is 6.68. The Labute approximate surface area is 195 Å². The summed E-state index contributed by atoms with van der Waals surface area (Å²) in [5.41, 5.74) is 2.03. The minimum atomic E-state index is -1.10. The van der Waals surface area contributed by atoms with Crippen LogP contribution in [-0.4, -0.2) is 39.4 Å². The Bertz CT molecular complexity index is 1320. The summed E-state index contributed by atoms with van der Waals surface area (Å²) in [5, 5.41) is 0.907. The van der Waals surface area contributed by atoms with Crippen molar-refractivity contribution in [2.24, 2.45) is 0 Å². The number of esters is 1. The van der Waals surface area contributed by atoms with Crippen LogP contribution in [0.15, 0.2) is 42.7 Å². The van der Waals surface area contributed by atoms with Crippen LogP contribution in [-0.2, 0) is 14.9 Å². The van der Waals surface area contributed by atoms with Gasteiger partial charge < -0.3 is 14.6 Å². The number of halogens is 2. The first kappa shape index (κ1) is 22.3. The standard InChI is InChI=1S/C26H25F2N3O3/c1-15(2)34-25(33)18-13-31(24(32)16-7-8-19(27)20(28)12-16)14-26(9-3-4-10-26)21-17-6-5-11-29-23(17)30-22(18)21/h5-8,11-13,15H,3-4,9-10,14H2,1-2H3,(H,29,30). The maximum atomic E-state index is 13.9. The molecule has 0 bridgehead atoms. The van der Waals surface area contributed by atoms with Gasteiger partial charge >= 0.3 is 5.97 Å². The zero-order valence-electron chi connectivity index (χ0n) is 19.0. The Hall–Kier alpha value is -3.55. The summed E-state index contributed by atoms with van der Waals surface area (Å²) in [4.78, 5) is 35.9. The molecule has 1 aliphatic carbocycles. The van der Waals surface area contributed by atoms with Gasteiger partial charge in [0.25, 0.3) is 5.91 Å². The lowest BCUT2D eigenvalue weighted by Crippen LogP contribution is -2.39. The predicted octanol–water partition coefficient (Wildman–Crippen LogP) is 5.10. The summed E-state index contributed by atoms with van der Waals surface area (Å²) in [6.07, 6.45) is 6.41. The Kier molecular flexibility index (Phi) is 5.46. The first-order valence-electron chi connectivity index (χ1n) is 11.5. The van der Waals surface area contributed by atoms with E-state index >= 15 is 0 Å². The van der Waals surface area contributed by atoms with E-state index in [4.69, 9.17) is 4.74 Å². The quantitative estimate of drug-likeness (QED) is 0.546. The summed E-state index contributed by atoms with van der Waals surface area (Å²) < 4.78 is 32.9. The van der Waals surface area contributed by atoms with Gasteiger partial charge in [-0.25, -0.2) is 18.6 Å². The fourth-order valence-corrected chi connectivity index (χ4v) is 5.26. The summed E-state index contributed by atoms with van der Waals surface area (Å²) >= 11 is 0. The molecule has 1 spiro atoms.